The van der Waals surface area contributed by atoms with Crippen LogP contribution in [0.5, 0.6) is 0 Å². The van der Waals surface area contributed by atoms with E-state index in [9.17, 15) is 8.42 Å². The van der Waals surface area contributed by atoms with Crippen molar-refractivity contribution in [1.29, 1.82) is 0 Å². The topological polar surface area (TPSA) is 115 Å². The first-order valence-corrected chi connectivity index (χ1v) is 4.93. The van der Waals surface area contributed by atoms with Crippen LogP contribution in [0, 0.1) is 0 Å². The van der Waals surface area contributed by atoms with Gasteiger partial charge >= 0.3 is 10.1 Å². The van der Waals surface area contributed by atoms with Gasteiger partial charge in [0.25, 0.3) is 5.16 Å². The molecule has 0 aliphatic carbocycles. The van der Waals surface area contributed by atoms with Crippen LogP contribution in [0.3, 0.4) is 0 Å². The molecule has 0 saturated heterocycles. The maximum atomic E-state index is 10.7. The molecule has 0 aliphatic heterocycles. The third-order valence-corrected chi connectivity index (χ3v) is 2.29. The SMILES string of the molecule is O.O=S(=O)(O)c1nc2ccccc2[nH]1. The monoisotopic (exact) mass is 216 g/mol. The Morgan fingerprint density at radius 2 is 1.93 bits per heavy atom. The fourth-order valence-corrected chi connectivity index (χ4v) is 1.50. The number of para-hydroxylation sites is 2. The van der Waals surface area contributed by atoms with Gasteiger partial charge < -0.3 is 10.5 Å². The molecule has 2 aromatic rings. The van der Waals surface area contributed by atoms with Crippen molar-refractivity contribution in [1.82, 2.24) is 9.97 Å². The second-order valence-corrected chi connectivity index (χ2v) is 3.87. The second-order valence-electron chi connectivity index (χ2n) is 2.53. The molecule has 0 unspecified atom stereocenters. The van der Waals surface area contributed by atoms with Crippen molar-refractivity contribution < 1.29 is 18.4 Å². The molecule has 2 rings (SSSR count). The highest BCUT2D eigenvalue weighted by Gasteiger charge is 2.14. The van der Waals surface area contributed by atoms with Crippen LogP contribution in [-0.4, -0.2) is 28.4 Å². The number of nitrogens with one attached hydrogen (secondary N) is 1. The Morgan fingerprint density at radius 1 is 1.29 bits per heavy atom. The highest BCUT2D eigenvalue weighted by molar-refractivity contribution is 7.85. The van der Waals surface area contributed by atoms with Crippen molar-refractivity contribution in [2.24, 2.45) is 0 Å². The van der Waals surface area contributed by atoms with Crippen molar-refractivity contribution in [3.8, 4) is 0 Å². The molecular weight excluding hydrogens is 208 g/mol. The number of hydrogen-bond donors (Lipinski definition) is 2. The fourth-order valence-electron chi connectivity index (χ4n) is 1.05. The average Bonchev–Trinajstić information content (AvgIpc) is 2.45. The van der Waals surface area contributed by atoms with Gasteiger partial charge in [0.05, 0.1) is 11.0 Å². The van der Waals surface area contributed by atoms with Crippen LogP contribution >= 0.6 is 0 Å². The smallest absolute Gasteiger partial charge is 0.328 e. The summed E-state index contributed by atoms with van der Waals surface area (Å²) in [6, 6.07) is 6.81. The van der Waals surface area contributed by atoms with E-state index in [0.29, 0.717) is 11.0 Å². The van der Waals surface area contributed by atoms with Gasteiger partial charge in [0.1, 0.15) is 0 Å². The van der Waals surface area contributed by atoms with Crippen LogP contribution in [-0.2, 0) is 10.1 Å². The zero-order valence-corrected chi connectivity index (χ0v) is 7.75. The van der Waals surface area contributed by atoms with E-state index in [2.05, 4.69) is 9.97 Å². The molecule has 0 aliphatic rings. The highest BCUT2D eigenvalue weighted by Crippen LogP contribution is 2.12. The Bertz CT molecular complexity index is 513. The fraction of sp³-hybridized carbons (Fsp3) is 0. The minimum absolute atomic E-state index is 0. The van der Waals surface area contributed by atoms with Crippen LogP contribution in [0.2, 0.25) is 0 Å². The van der Waals surface area contributed by atoms with Crippen molar-refractivity contribution >= 4 is 21.2 Å². The molecule has 1 aromatic heterocycles. The average molecular weight is 216 g/mol. The number of rotatable bonds is 1. The van der Waals surface area contributed by atoms with E-state index < -0.39 is 15.3 Å². The van der Waals surface area contributed by atoms with Gasteiger partial charge in [-0.25, -0.2) is 4.98 Å². The summed E-state index contributed by atoms with van der Waals surface area (Å²) in [7, 11) is -4.23. The second kappa shape index (κ2) is 3.37. The number of nitrogens with zero attached hydrogens (tertiary/aromatic N) is 1. The number of fused-ring (bicyclic) bond motifs is 1. The first-order valence-electron chi connectivity index (χ1n) is 3.49. The number of aromatic amines is 1. The molecule has 0 amide bonds. The highest BCUT2D eigenvalue weighted by atomic mass is 32.2. The van der Waals surface area contributed by atoms with E-state index in [1.54, 1.807) is 24.3 Å². The third-order valence-electron chi connectivity index (χ3n) is 1.61. The molecule has 76 valence electrons. The number of hydrogen-bond acceptors (Lipinski definition) is 3. The zero-order chi connectivity index (χ0) is 9.47. The summed E-state index contributed by atoms with van der Waals surface area (Å²) in [6.07, 6.45) is 0. The molecule has 4 N–H and O–H groups in total. The lowest BCUT2D eigenvalue weighted by molar-refractivity contribution is 0.476. The molecule has 1 aromatic carbocycles. The van der Waals surface area contributed by atoms with Gasteiger partial charge in [0.15, 0.2) is 0 Å². The lowest BCUT2D eigenvalue weighted by Gasteiger charge is -1.85. The van der Waals surface area contributed by atoms with Gasteiger partial charge in [-0.15, -0.1) is 0 Å². The summed E-state index contributed by atoms with van der Waals surface area (Å²) in [5, 5.41) is -0.422. The van der Waals surface area contributed by atoms with Crippen molar-refractivity contribution in [3.05, 3.63) is 24.3 Å². The Morgan fingerprint density at radius 3 is 2.50 bits per heavy atom. The lowest BCUT2D eigenvalue weighted by Crippen LogP contribution is -1.99. The molecule has 0 saturated carbocycles. The predicted octanol–water partition coefficient (Wildman–Crippen LogP) is -0.0151. The molecule has 1 heterocycles. The number of H-pyrrole nitrogens is 1. The quantitative estimate of drug-likeness (QED) is 0.652. The summed E-state index contributed by atoms with van der Waals surface area (Å²) in [6.45, 7) is 0. The van der Waals surface area contributed by atoms with E-state index in [0.717, 1.165) is 0 Å². The maximum absolute atomic E-state index is 10.7. The predicted molar refractivity (Wildman–Crippen MR) is 49.5 cm³/mol. The van der Waals surface area contributed by atoms with E-state index in [-0.39, 0.29) is 5.48 Å². The summed E-state index contributed by atoms with van der Waals surface area (Å²) < 4.78 is 30.0. The van der Waals surface area contributed by atoms with Crippen LogP contribution in [0.1, 0.15) is 0 Å². The van der Waals surface area contributed by atoms with E-state index in [1.807, 2.05) is 0 Å². The number of benzene rings is 1. The number of imidazole rings is 1. The van der Waals surface area contributed by atoms with Gasteiger partial charge in [-0.3, -0.25) is 4.55 Å². The molecule has 0 atom stereocenters. The van der Waals surface area contributed by atoms with Gasteiger partial charge in [0.2, 0.25) is 0 Å². The van der Waals surface area contributed by atoms with Gasteiger partial charge in [0, 0.05) is 0 Å². The largest absolute Gasteiger partial charge is 0.412 e. The lowest BCUT2D eigenvalue weighted by atomic mass is 10.3. The van der Waals surface area contributed by atoms with E-state index in [4.69, 9.17) is 4.55 Å². The Kier molecular flexibility index (Phi) is 2.56. The van der Waals surface area contributed by atoms with Crippen molar-refractivity contribution in [2.75, 3.05) is 0 Å². The minimum Gasteiger partial charge on any atom is -0.412 e. The molecule has 0 fully saturated rings. The Labute approximate surface area is 79.7 Å². The molecule has 0 bridgehead atoms. The summed E-state index contributed by atoms with van der Waals surface area (Å²) in [5.41, 5.74) is 1.09. The first kappa shape index (κ1) is 10.6. The van der Waals surface area contributed by atoms with Crippen LogP contribution < -0.4 is 0 Å². The van der Waals surface area contributed by atoms with Crippen molar-refractivity contribution in [2.45, 2.75) is 5.16 Å². The summed E-state index contributed by atoms with van der Waals surface area (Å²) >= 11 is 0. The van der Waals surface area contributed by atoms with Crippen LogP contribution in [0.15, 0.2) is 29.4 Å². The van der Waals surface area contributed by atoms with Gasteiger partial charge in [-0.2, -0.15) is 8.42 Å². The normalized spacial score (nSPS) is 11.2. The van der Waals surface area contributed by atoms with Crippen molar-refractivity contribution in [3.63, 3.8) is 0 Å². The van der Waals surface area contributed by atoms with E-state index >= 15 is 0 Å². The van der Waals surface area contributed by atoms with Crippen LogP contribution in [0.25, 0.3) is 11.0 Å². The van der Waals surface area contributed by atoms with Gasteiger partial charge in [-0.05, 0) is 12.1 Å². The Balaban J connectivity index is 0.000000980. The first-order chi connectivity index (χ1) is 6.07. The molecule has 0 spiro atoms. The number of aromatic nitrogens is 2. The molecular formula is C7H8N2O4S. The summed E-state index contributed by atoms with van der Waals surface area (Å²) in [4.78, 5) is 6.18. The third kappa shape index (κ3) is 1.74. The van der Waals surface area contributed by atoms with Crippen LogP contribution in [0.4, 0.5) is 0 Å². The molecule has 0 radical (unpaired) electrons. The molecule has 7 heteroatoms. The Hall–Kier alpha value is -1.44. The van der Waals surface area contributed by atoms with Gasteiger partial charge in [-0.1, -0.05) is 12.1 Å². The molecule has 6 nitrogen and oxygen atoms in total. The standard InChI is InChI=1S/C7H6N2O3S.H2O/c10-13(11,12)7-8-5-3-1-2-4-6(5)9-7;/h1-4H,(H,8,9)(H,10,11,12);1H2. The molecule has 14 heavy (non-hydrogen) atoms. The minimum atomic E-state index is -4.23. The van der Waals surface area contributed by atoms with E-state index in [1.165, 1.54) is 0 Å². The maximum Gasteiger partial charge on any atom is 0.328 e. The zero-order valence-electron chi connectivity index (χ0n) is 6.93. The summed E-state index contributed by atoms with van der Waals surface area (Å²) in [5.74, 6) is 0.